The average Bonchev–Trinajstić information content (AvgIpc) is 2.80. The summed E-state index contributed by atoms with van der Waals surface area (Å²) in [5.74, 6) is 0. The van der Waals surface area contributed by atoms with Gasteiger partial charge in [-0.05, 0) is 46.5 Å². The number of halogens is 2. The molecule has 0 bridgehead atoms. The summed E-state index contributed by atoms with van der Waals surface area (Å²) in [6.07, 6.45) is 0. The van der Waals surface area contributed by atoms with Crippen molar-refractivity contribution in [3.8, 4) is 0 Å². The highest BCUT2D eigenvalue weighted by Crippen LogP contribution is 2.49. The molecule has 0 radical (unpaired) electrons. The van der Waals surface area contributed by atoms with Gasteiger partial charge < -0.3 is 10.2 Å². The molecule has 4 aromatic rings. The summed E-state index contributed by atoms with van der Waals surface area (Å²) >= 11 is 12.2. The molecule has 0 aliphatic rings. The Morgan fingerprint density at radius 2 is 0.667 bits per heavy atom. The molecule has 0 fully saturated rings. The number of benzene rings is 4. The Balaban J connectivity index is 2.08. The first kappa shape index (κ1) is 20.6. The molecule has 4 rings (SSSR count). The van der Waals surface area contributed by atoms with Crippen molar-refractivity contribution in [2.45, 2.75) is 11.2 Å². The summed E-state index contributed by atoms with van der Waals surface area (Å²) in [5.41, 5.74) is -1.50. The third kappa shape index (κ3) is 3.42. The Morgan fingerprint density at radius 3 is 0.967 bits per heavy atom. The quantitative estimate of drug-likeness (QED) is 0.394. The largest absolute Gasteiger partial charge is 0.377 e. The molecule has 0 aliphatic carbocycles. The van der Waals surface area contributed by atoms with Crippen LogP contribution in [-0.4, -0.2) is 10.2 Å². The Kier molecular flexibility index (Phi) is 5.68. The van der Waals surface area contributed by atoms with Gasteiger partial charge in [-0.2, -0.15) is 0 Å². The van der Waals surface area contributed by atoms with Gasteiger partial charge in [0.25, 0.3) is 0 Å². The fourth-order valence-corrected chi connectivity index (χ4v) is 4.16. The highest BCUT2D eigenvalue weighted by atomic mass is 35.5. The molecule has 150 valence electrons. The summed E-state index contributed by atoms with van der Waals surface area (Å²) in [7, 11) is 0. The molecule has 0 heterocycles. The van der Waals surface area contributed by atoms with Crippen LogP contribution in [0.5, 0.6) is 0 Å². The summed E-state index contributed by atoms with van der Waals surface area (Å²) < 4.78 is 0. The fourth-order valence-electron chi connectivity index (χ4n) is 3.91. The zero-order valence-corrected chi connectivity index (χ0v) is 17.6. The minimum atomic E-state index is -1.81. The Bertz CT molecular complexity index is 1020. The SMILES string of the molecule is O[C@](c1ccccc1)(c1ccc(Cl)cc1)[C@](O)(c1ccccc1)c1ccc(Cl)cc1. The maximum Gasteiger partial charge on any atom is 0.152 e. The van der Waals surface area contributed by atoms with Gasteiger partial charge in [0.15, 0.2) is 11.2 Å². The predicted molar refractivity (Wildman–Crippen MR) is 122 cm³/mol. The molecule has 0 unspecified atom stereocenters. The van der Waals surface area contributed by atoms with Crippen LogP contribution in [0.4, 0.5) is 0 Å². The standard InChI is InChI=1S/C26H20Cl2O2/c27-23-15-11-21(12-16-23)25(29,19-7-3-1-4-8-19)26(30,20-9-5-2-6-10-20)22-13-17-24(28)18-14-22/h1-18,29-30H/t25-,26+. The smallest absolute Gasteiger partial charge is 0.152 e. The molecule has 0 spiro atoms. The van der Waals surface area contributed by atoms with Crippen molar-refractivity contribution in [2.75, 3.05) is 0 Å². The number of hydrogen-bond acceptors (Lipinski definition) is 2. The maximum atomic E-state index is 12.4. The Hall–Kier alpha value is -2.62. The lowest BCUT2D eigenvalue weighted by molar-refractivity contribution is -0.113. The van der Waals surface area contributed by atoms with Crippen molar-refractivity contribution >= 4 is 23.2 Å². The first-order valence-electron chi connectivity index (χ1n) is 9.54. The molecular weight excluding hydrogens is 415 g/mol. The fraction of sp³-hybridized carbons (Fsp3) is 0.0769. The van der Waals surface area contributed by atoms with Crippen molar-refractivity contribution in [3.63, 3.8) is 0 Å². The van der Waals surface area contributed by atoms with Crippen molar-refractivity contribution in [1.29, 1.82) is 0 Å². The average molecular weight is 435 g/mol. The van der Waals surface area contributed by atoms with E-state index in [9.17, 15) is 10.2 Å². The van der Waals surface area contributed by atoms with E-state index >= 15 is 0 Å². The van der Waals surface area contributed by atoms with Gasteiger partial charge in [-0.1, -0.05) is 108 Å². The van der Waals surface area contributed by atoms with Crippen LogP contribution in [0.2, 0.25) is 10.0 Å². The molecule has 30 heavy (non-hydrogen) atoms. The van der Waals surface area contributed by atoms with Gasteiger partial charge in [0.05, 0.1) is 0 Å². The van der Waals surface area contributed by atoms with E-state index in [1.165, 1.54) is 0 Å². The Morgan fingerprint density at radius 1 is 0.400 bits per heavy atom. The number of hydrogen-bond donors (Lipinski definition) is 2. The normalized spacial score (nSPS) is 15.2. The van der Waals surface area contributed by atoms with Gasteiger partial charge >= 0.3 is 0 Å². The maximum absolute atomic E-state index is 12.4. The zero-order chi connectivity index (χ0) is 21.2. The molecule has 2 atom stereocenters. The van der Waals surface area contributed by atoms with E-state index in [0.29, 0.717) is 32.3 Å². The predicted octanol–water partition coefficient (Wildman–Crippen LogP) is 6.17. The molecule has 0 saturated carbocycles. The van der Waals surface area contributed by atoms with Gasteiger partial charge in [-0.15, -0.1) is 0 Å². The third-order valence-corrected chi connectivity index (χ3v) is 5.93. The van der Waals surface area contributed by atoms with Crippen molar-refractivity contribution in [3.05, 3.63) is 141 Å². The van der Waals surface area contributed by atoms with E-state index in [2.05, 4.69) is 0 Å². The van der Waals surface area contributed by atoms with Gasteiger partial charge in [0.2, 0.25) is 0 Å². The van der Waals surface area contributed by atoms with Crippen LogP contribution in [0, 0.1) is 0 Å². The monoisotopic (exact) mass is 434 g/mol. The van der Waals surface area contributed by atoms with Crippen molar-refractivity contribution in [2.24, 2.45) is 0 Å². The molecule has 0 aromatic heterocycles. The molecule has 2 N–H and O–H groups in total. The minimum absolute atomic E-state index is 0.513. The second-order valence-corrected chi connectivity index (χ2v) is 8.04. The van der Waals surface area contributed by atoms with Crippen LogP contribution in [-0.2, 0) is 11.2 Å². The molecule has 0 amide bonds. The van der Waals surface area contributed by atoms with Crippen LogP contribution in [0.25, 0.3) is 0 Å². The third-order valence-electron chi connectivity index (χ3n) is 5.43. The van der Waals surface area contributed by atoms with Crippen LogP contribution >= 0.6 is 23.2 Å². The molecular formula is C26H20Cl2O2. The lowest BCUT2D eigenvalue weighted by Crippen LogP contribution is -2.51. The number of aliphatic hydroxyl groups is 2. The second kappa shape index (κ2) is 8.25. The molecule has 2 nitrogen and oxygen atoms in total. The lowest BCUT2D eigenvalue weighted by atomic mass is 9.66. The Labute approximate surface area is 186 Å². The minimum Gasteiger partial charge on any atom is -0.377 e. The van der Waals surface area contributed by atoms with Gasteiger partial charge in [0.1, 0.15) is 0 Å². The van der Waals surface area contributed by atoms with E-state index in [-0.39, 0.29) is 0 Å². The van der Waals surface area contributed by atoms with Crippen LogP contribution in [0.1, 0.15) is 22.3 Å². The van der Waals surface area contributed by atoms with E-state index in [0.717, 1.165) is 0 Å². The summed E-state index contributed by atoms with van der Waals surface area (Å²) in [4.78, 5) is 0. The number of rotatable bonds is 5. The van der Waals surface area contributed by atoms with Crippen LogP contribution in [0.15, 0.2) is 109 Å². The topological polar surface area (TPSA) is 40.5 Å². The summed E-state index contributed by atoms with van der Waals surface area (Å²) in [6, 6.07) is 32.1. The summed E-state index contributed by atoms with van der Waals surface area (Å²) in [5, 5.41) is 25.9. The van der Waals surface area contributed by atoms with Crippen LogP contribution < -0.4 is 0 Å². The molecule has 4 heteroatoms. The van der Waals surface area contributed by atoms with Gasteiger partial charge in [-0.3, -0.25) is 0 Å². The van der Waals surface area contributed by atoms with E-state index in [1.807, 2.05) is 36.4 Å². The van der Waals surface area contributed by atoms with E-state index in [4.69, 9.17) is 23.2 Å². The van der Waals surface area contributed by atoms with Crippen LogP contribution in [0.3, 0.4) is 0 Å². The zero-order valence-electron chi connectivity index (χ0n) is 16.0. The molecule has 0 saturated heterocycles. The molecule has 4 aromatic carbocycles. The first-order chi connectivity index (χ1) is 14.5. The molecule has 0 aliphatic heterocycles. The second-order valence-electron chi connectivity index (χ2n) is 7.17. The highest BCUT2D eigenvalue weighted by Gasteiger charge is 2.54. The van der Waals surface area contributed by atoms with Gasteiger partial charge in [0, 0.05) is 10.0 Å². The van der Waals surface area contributed by atoms with E-state index < -0.39 is 11.2 Å². The van der Waals surface area contributed by atoms with Crippen molar-refractivity contribution in [1.82, 2.24) is 0 Å². The van der Waals surface area contributed by atoms with E-state index in [1.54, 1.807) is 72.8 Å². The lowest BCUT2D eigenvalue weighted by Gasteiger charge is -2.45. The first-order valence-corrected chi connectivity index (χ1v) is 10.3. The van der Waals surface area contributed by atoms with Gasteiger partial charge in [-0.25, -0.2) is 0 Å². The highest BCUT2D eigenvalue weighted by molar-refractivity contribution is 6.30. The summed E-state index contributed by atoms with van der Waals surface area (Å²) in [6.45, 7) is 0. The van der Waals surface area contributed by atoms with Crippen molar-refractivity contribution < 1.29 is 10.2 Å².